The molecule has 0 bridgehead atoms. The lowest BCUT2D eigenvalue weighted by molar-refractivity contribution is -0.121. The third-order valence-corrected chi connectivity index (χ3v) is 3.61. The summed E-state index contributed by atoms with van der Waals surface area (Å²) >= 11 is 0. The lowest BCUT2D eigenvalue weighted by Gasteiger charge is -2.34. The third kappa shape index (κ3) is 3.19. The summed E-state index contributed by atoms with van der Waals surface area (Å²) in [5.41, 5.74) is 0. The molecule has 4 nitrogen and oxygen atoms in total. The molecule has 0 saturated heterocycles. The molecule has 1 heterocycles. The number of Topliss-reactive ketones (excluding diaryl/α,β-unsaturated/α-hetero) is 1. The normalized spacial score (nSPS) is 22.8. The van der Waals surface area contributed by atoms with Crippen LogP contribution >= 0.6 is 0 Å². The highest BCUT2D eigenvalue weighted by molar-refractivity contribution is 5.80. The number of aryl methyl sites for hydroxylation is 1. The van der Waals surface area contributed by atoms with Gasteiger partial charge in [-0.05, 0) is 32.6 Å². The number of rotatable bonds is 7. The van der Waals surface area contributed by atoms with E-state index in [-0.39, 0.29) is 0 Å². The van der Waals surface area contributed by atoms with E-state index in [2.05, 4.69) is 11.9 Å². The van der Waals surface area contributed by atoms with Gasteiger partial charge in [-0.3, -0.25) is 4.79 Å². The first-order chi connectivity index (χ1) is 8.72. The molecule has 0 aromatic carbocycles. The van der Waals surface area contributed by atoms with Gasteiger partial charge in [-0.25, -0.2) is 4.98 Å². The van der Waals surface area contributed by atoms with E-state index in [1.807, 2.05) is 17.7 Å². The second kappa shape index (κ2) is 6.14. The molecule has 1 aromatic heterocycles. The molecule has 0 atom stereocenters. The Hall–Kier alpha value is -1.16. The monoisotopic (exact) mass is 250 g/mol. The van der Waals surface area contributed by atoms with Crippen LogP contribution in [0.5, 0.6) is 0 Å². The fraction of sp³-hybridized carbons (Fsp3) is 0.714. The molecule has 1 aliphatic rings. The van der Waals surface area contributed by atoms with Crippen LogP contribution in [-0.4, -0.2) is 28.0 Å². The summed E-state index contributed by atoms with van der Waals surface area (Å²) in [5, 5.41) is 0. The molecule has 4 heteroatoms. The van der Waals surface area contributed by atoms with Crippen molar-refractivity contribution in [1.82, 2.24) is 9.55 Å². The van der Waals surface area contributed by atoms with Crippen LogP contribution in [0.25, 0.3) is 0 Å². The zero-order valence-electron chi connectivity index (χ0n) is 11.3. The van der Waals surface area contributed by atoms with E-state index in [1.165, 1.54) is 0 Å². The van der Waals surface area contributed by atoms with Crippen molar-refractivity contribution in [1.29, 1.82) is 0 Å². The molecule has 0 aliphatic heterocycles. The van der Waals surface area contributed by atoms with Crippen molar-refractivity contribution < 1.29 is 9.53 Å². The van der Waals surface area contributed by atoms with Gasteiger partial charge in [0.2, 0.25) is 0 Å². The van der Waals surface area contributed by atoms with Crippen LogP contribution < -0.4 is 0 Å². The summed E-state index contributed by atoms with van der Waals surface area (Å²) in [6, 6.07) is 0. The van der Waals surface area contributed by atoms with E-state index in [4.69, 9.17) is 4.74 Å². The summed E-state index contributed by atoms with van der Waals surface area (Å²) in [6.07, 6.45) is 7.32. The summed E-state index contributed by atoms with van der Waals surface area (Å²) < 4.78 is 7.53. The van der Waals surface area contributed by atoms with Crippen LogP contribution in [-0.2, 0) is 22.5 Å². The number of ketones is 1. The first-order valence-corrected chi connectivity index (χ1v) is 6.86. The molecule has 1 aromatic rings. The highest BCUT2D eigenvalue weighted by atomic mass is 16.5. The van der Waals surface area contributed by atoms with Crippen LogP contribution in [0.4, 0.5) is 0 Å². The van der Waals surface area contributed by atoms with Gasteiger partial charge in [-0.1, -0.05) is 0 Å². The van der Waals surface area contributed by atoms with Crippen LogP contribution in [0, 0.1) is 5.92 Å². The van der Waals surface area contributed by atoms with Gasteiger partial charge in [0.15, 0.2) is 0 Å². The molecule has 0 N–H and O–H groups in total. The predicted molar refractivity (Wildman–Crippen MR) is 69.4 cm³/mol. The molecule has 0 amide bonds. The van der Waals surface area contributed by atoms with Gasteiger partial charge >= 0.3 is 0 Å². The Morgan fingerprint density at radius 3 is 2.94 bits per heavy atom. The summed E-state index contributed by atoms with van der Waals surface area (Å²) in [7, 11) is 0. The summed E-state index contributed by atoms with van der Waals surface area (Å²) in [5.74, 6) is 1.72. The second-order valence-corrected chi connectivity index (χ2v) is 4.96. The first-order valence-electron chi connectivity index (χ1n) is 6.86. The van der Waals surface area contributed by atoms with Crippen LogP contribution in [0.15, 0.2) is 12.4 Å². The molecule has 0 unspecified atom stereocenters. The maximum atomic E-state index is 12.0. The molecule has 100 valence electrons. The van der Waals surface area contributed by atoms with Crippen molar-refractivity contribution in [2.45, 2.75) is 52.2 Å². The van der Waals surface area contributed by atoms with Crippen molar-refractivity contribution in [3.05, 3.63) is 18.2 Å². The van der Waals surface area contributed by atoms with E-state index in [0.29, 0.717) is 30.6 Å². The van der Waals surface area contributed by atoms with Crippen molar-refractivity contribution in [2.75, 3.05) is 6.61 Å². The number of carbonyl (C=O) groups is 1. The van der Waals surface area contributed by atoms with Crippen molar-refractivity contribution in [2.24, 2.45) is 5.92 Å². The smallest absolute Gasteiger partial charge is 0.140 e. The van der Waals surface area contributed by atoms with Crippen molar-refractivity contribution in [3.8, 4) is 0 Å². The highest BCUT2D eigenvalue weighted by Gasteiger charge is 2.31. The minimum absolute atomic E-state index is 0.302. The maximum Gasteiger partial charge on any atom is 0.140 e. The number of aromatic nitrogens is 2. The Kier molecular flexibility index (Phi) is 4.53. The third-order valence-electron chi connectivity index (χ3n) is 3.61. The number of nitrogens with zero attached hydrogens (tertiary/aromatic N) is 2. The second-order valence-electron chi connectivity index (χ2n) is 4.96. The number of carbonyl (C=O) groups excluding carboxylic acids is 1. The minimum Gasteiger partial charge on any atom is -0.378 e. The average molecular weight is 250 g/mol. The Labute approximate surface area is 108 Å². The zero-order chi connectivity index (χ0) is 13.0. The van der Waals surface area contributed by atoms with Gasteiger partial charge < -0.3 is 9.30 Å². The fourth-order valence-electron chi connectivity index (χ4n) is 2.58. The van der Waals surface area contributed by atoms with Crippen molar-refractivity contribution >= 4 is 5.78 Å². The van der Waals surface area contributed by atoms with E-state index >= 15 is 0 Å². The van der Waals surface area contributed by atoms with Gasteiger partial charge in [0.25, 0.3) is 0 Å². The molecule has 2 rings (SSSR count). The van der Waals surface area contributed by atoms with Crippen molar-refractivity contribution in [3.63, 3.8) is 0 Å². The van der Waals surface area contributed by atoms with Crippen LogP contribution in [0.2, 0.25) is 0 Å². The number of hydrogen-bond donors (Lipinski definition) is 0. The lowest BCUT2D eigenvalue weighted by Crippen LogP contribution is -2.33. The van der Waals surface area contributed by atoms with Crippen LogP contribution in [0.3, 0.4) is 0 Å². The number of ether oxygens (including phenoxy) is 1. The molecule has 0 radical (unpaired) electrons. The average Bonchev–Trinajstić information content (AvgIpc) is 2.73. The Morgan fingerprint density at radius 1 is 1.50 bits per heavy atom. The zero-order valence-corrected chi connectivity index (χ0v) is 11.3. The first kappa shape index (κ1) is 13.3. The SMILES string of the molecule is CCOC1CC(CC(=O)Cc2nccn2CC)C1. The van der Waals surface area contributed by atoms with E-state index in [9.17, 15) is 4.79 Å². The Balaban J connectivity index is 1.73. The number of imidazole rings is 1. The Morgan fingerprint density at radius 2 is 2.28 bits per heavy atom. The van der Waals surface area contributed by atoms with Gasteiger partial charge in [-0.2, -0.15) is 0 Å². The Bertz CT molecular complexity index is 394. The topological polar surface area (TPSA) is 44.1 Å². The molecular weight excluding hydrogens is 228 g/mol. The summed E-state index contributed by atoms with van der Waals surface area (Å²) in [6.45, 7) is 5.73. The minimum atomic E-state index is 0.302. The molecule has 1 aliphatic carbocycles. The standard InChI is InChI=1S/C14H22N2O2/c1-3-16-6-5-15-14(16)10-12(17)7-11-8-13(9-11)18-4-2/h5-6,11,13H,3-4,7-10H2,1-2H3. The van der Waals surface area contributed by atoms with E-state index in [1.54, 1.807) is 6.20 Å². The van der Waals surface area contributed by atoms with Gasteiger partial charge in [0.05, 0.1) is 12.5 Å². The van der Waals surface area contributed by atoms with E-state index < -0.39 is 0 Å². The molecular formula is C14H22N2O2. The quantitative estimate of drug-likeness (QED) is 0.745. The fourth-order valence-corrected chi connectivity index (χ4v) is 2.58. The van der Waals surface area contributed by atoms with Gasteiger partial charge in [-0.15, -0.1) is 0 Å². The van der Waals surface area contributed by atoms with Gasteiger partial charge in [0.1, 0.15) is 11.6 Å². The largest absolute Gasteiger partial charge is 0.378 e. The maximum absolute atomic E-state index is 12.0. The molecule has 1 fully saturated rings. The molecule has 1 saturated carbocycles. The molecule has 18 heavy (non-hydrogen) atoms. The van der Waals surface area contributed by atoms with Gasteiger partial charge in [0, 0.05) is 32.0 Å². The number of hydrogen-bond acceptors (Lipinski definition) is 3. The summed E-state index contributed by atoms with van der Waals surface area (Å²) in [4.78, 5) is 16.2. The lowest BCUT2D eigenvalue weighted by atomic mass is 9.78. The molecule has 0 spiro atoms. The predicted octanol–water partition coefficient (Wildman–Crippen LogP) is 2.22. The van der Waals surface area contributed by atoms with E-state index in [0.717, 1.165) is 31.8 Å². The highest BCUT2D eigenvalue weighted by Crippen LogP contribution is 2.33. The van der Waals surface area contributed by atoms with Crippen LogP contribution in [0.1, 0.15) is 38.9 Å².